The molecule has 0 saturated heterocycles. The lowest BCUT2D eigenvalue weighted by atomic mass is 9.90. The van der Waals surface area contributed by atoms with Gasteiger partial charge in [0.05, 0.1) is 23.1 Å². The van der Waals surface area contributed by atoms with Crippen molar-refractivity contribution in [3.05, 3.63) is 36.2 Å². The molecule has 0 saturated carbocycles. The van der Waals surface area contributed by atoms with E-state index < -0.39 is 0 Å². The van der Waals surface area contributed by atoms with E-state index in [4.69, 9.17) is 5.73 Å². The molecule has 0 spiro atoms. The SMILES string of the molecule is CC(C)(C)c1nc(-c2ccccc2O)ncc1NCCN. The number of aromatic nitrogens is 2. The molecule has 0 aliphatic rings. The second kappa shape index (κ2) is 6.10. The molecule has 0 aliphatic heterocycles. The number of rotatable bonds is 4. The maximum Gasteiger partial charge on any atom is 0.163 e. The summed E-state index contributed by atoms with van der Waals surface area (Å²) >= 11 is 0. The van der Waals surface area contributed by atoms with Gasteiger partial charge in [-0.2, -0.15) is 0 Å². The minimum Gasteiger partial charge on any atom is -0.507 e. The summed E-state index contributed by atoms with van der Waals surface area (Å²) in [7, 11) is 0. The fraction of sp³-hybridized carbons (Fsp3) is 0.375. The molecule has 5 nitrogen and oxygen atoms in total. The van der Waals surface area contributed by atoms with Crippen LogP contribution in [0.1, 0.15) is 26.5 Å². The number of nitrogens with two attached hydrogens (primary N) is 1. The molecule has 2 aromatic rings. The molecule has 112 valence electrons. The molecule has 0 aliphatic carbocycles. The van der Waals surface area contributed by atoms with Crippen molar-refractivity contribution in [1.29, 1.82) is 0 Å². The molecule has 0 amide bonds. The van der Waals surface area contributed by atoms with Gasteiger partial charge in [-0.1, -0.05) is 32.9 Å². The van der Waals surface area contributed by atoms with Crippen molar-refractivity contribution < 1.29 is 5.11 Å². The van der Waals surface area contributed by atoms with E-state index >= 15 is 0 Å². The van der Waals surface area contributed by atoms with Crippen LogP contribution in [0.15, 0.2) is 30.5 Å². The molecule has 5 heteroatoms. The van der Waals surface area contributed by atoms with Gasteiger partial charge >= 0.3 is 0 Å². The van der Waals surface area contributed by atoms with E-state index in [2.05, 4.69) is 36.1 Å². The van der Waals surface area contributed by atoms with Crippen LogP contribution < -0.4 is 11.1 Å². The highest BCUT2D eigenvalue weighted by Gasteiger charge is 2.22. The molecule has 0 fully saturated rings. The molecule has 1 heterocycles. The highest BCUT2D eigenvalue weighted by Crippen LogP contribution is 2.31. The highest BCUT2D eigenvalue weighted by atomic mass is 16.3. The Morgan fingerprint density at radius 2 is 1.95 bits per heavy atom. The lowest BCUT2D eigenvalue weighted by Crippen LogP contribution is -2.21. The van der Waals surface area contributed by atoms with Crippen molar-refractivity contribution in [3.8, 4) is 17.1 Å². The zero-order valence-electron chi connectivity index (χ0n) is 12.7. The molecule has 4 N–H and O–H groups in total. The number of hydrogen-bond acceptors (Lipinski definition) is 5. The van der Waals surface area contributed by atoms with E-state index in [1.54, 1.807) is 18.3 Å². The fourth-order valence-corrected chi connectivity index (χ4v) is 2.08. The largest absolute Gasteiger partial charge is 0.507 e. The molecule has 0 bridgehead atoms. The lowest BCUT2D eigenvalue weighted by molar-refractivity contribution is 0.476. The van der Waals surface area contributed by atoms with Crippen LogP contribution in [0.2, 0.25) is 0 Å². The van der Waals surface area contributed by atoms with E-state index in [-0.39, 0.29) is 11.2 Å². The van der Waals surface area contributed by atoms with Gasteiger partial charge in [0.1, 0.15) is 5.75 Å². The van der Waals surface area contributed by atoms with Crippen molar-refractivity contribution in [2.45, 2.75) is 26.2 Å². The second-order valence-corrected chi connectivity index (χ2v) is 5.94. The van der Waals surface area contributed by atoms with Crippen LogP contribution >= 0.6 is 0 Å². The smallest absolute Gasteiger partial charge is 0.163 e. The van der Waals surface area contributed by atoms with Gasteiger partial charge in [0.15, 0.2) is 5.82 Å². The van der Waals surface area contributed by atoms with E-state index in [0.29, 0.717) is 24.5 Å². The Morgan fingerprint density at radius 1 is 1.24 bits per heavy atom. The van der Waals surface area contributed by atoms with Gasteiger partial charge in [-0.3, -0.25) is 0 Å². The first-order chi connectivity index (χ1) is 9.93. The van der Waals surface area contributed by atoms with E-state index in [0.717, 1.165) is 11.4 Å². The normalized spacial score (nSPS) is 11.4. The summed E-state index contributed by atoms with van der Waals surface area (Å²) in [6, 6.07) is 7.08. The number of anilines is 1. The summed E-state index contributed by atoms with van der Waals surface area (Å²) in [4.78, 5) is 9.02. The molecular weight excluding hydrogens is 264 g/mol. The third kappa shape index (κ3) is 3.49. The Labute approximate surface area is 125 Å². The Morgan fingerprint density at radius 3 is 2.57 bits per heavy atom. The van der Waals surface area contributed by atoms with Crippen LogP contribution in [-0.4, -0.2) is 28.2 Å². The zero-order chi connectivity index (χ0) is 15.5. The Balaban J connectivity index is 2.49. The third-order valence-corrected chi connectivity index (χ3v) is 3.10. The lowest BCUT2D eigenvalue weighted by Gasteiger charge is -2.22. The number of hydrogen-bond donors (Lipinski definition) is 3. The molecular formula is C16H22N4O. The van der Waals surface area contributed by atoms with Crippen molar-refractivity contribution in [2.24, 2.45) is 5.73 Å². The summed E-state index contributed by atoms with van der Waals surface area (Å²) < 4.78 is 0. The maximum absolute atomic E-state index is 9.96. The van der Waals surface area contributed by atoms with E-state index in [1.165, 1.54) is 0 Å². The minimum atomic E-state index is -0.140. The van der Waals surface area contributed by atoms with Gasteiger partial charge in [0, 0.05) is 18.5 Å². The number of para-hydroxylation sites is 1. The first kappa shape index (κ1) is 15.3. The number of nitrogens with zero attached hydrogens (tertiary/aromatic N) is 2. The number of benzene rings is 1. The second-order valence-electron chi connectivity index (χ2n) is 5.94. The predicted molar refractivity (Wildman–Crippen MR) is 85.4 cm³/mol. The Kier molecular flexibility index (Phi) is 4.43. The van der Waals surface area contributed by atoms with Crippen molar-refractivity contribution >= 4 is 5.69 Å². The van der Waals surface area contributed by atoms with Crippen LogP contribution in [0.25, 0.3) is 11.4 Å². The van der Waals surface area contributed by atoms with Crippen molar-refractivity contribution in [2.75, 3.05) is 18.4 Å². The van der Waals surface area contributed by atoms with Crippen LogP contribution in [0.5, 0.6) is 5.75 Å². The summed E-state index contributed by atoms with van der Waals surface area (Å²) in [5, 5.41) is 13.2. The van der Waals surface area contributed by atoms with E-state index in [9.17, 15) is 5.11 Å². The number of phenols is 1. The van der Waals surface area contributed by atoms with Crippen molar-refractivity contribution in [3.63, 3.8) is 0 Å². The monoisotopic (exact) mass is 286 g/mol. The summed E-state index contributed by atoms with van der Waals surface area (Å²) in [5.74, 6) is 0.705. The minimum absolute atomic E-state index is 0.140. The first-order valence-electron chi connectivity index (χ1n) is 7.03. The van der Waals surface area contributed by atoms with Crippen LogP contribution in [-0.2, 0) is 5.41 Å². The highest BCUT2D eigenvalue weighted by molar-refractivity contribution is 5.65. The Hall–Kier alpha value is -2.14. The molecule has 0 unspecified atom stereocenters. The standard InChI is InChI=1S/C16H22N4O/c1-16(2,3)14-12(18-9-8-17)10-19-15(20-14)11-6-4-5-7-13(11)21/h4-7,10,18,21H,8-9,17H2,1-3H3. The van der Waals surface area contributed by atoms with Crippen LogP contribution in [0, 0.1) is 0 Å². The summed E-state index contributed by atoms with van der Waals surface area (Å²) in [5.41, 5.74) is 7.82. The van der Waals surface area contributed by atoms with Gasteiger partial charge in [-0.15, -0.1) is 0 Å². The molecule has 0 radical (unpaired) electrons. The molecule has 2 rings (SSSR count). The molecule has 1 aromatic heterocycles. The van der Waals surface area contributed by atoms with Gasteiger partial charge in [-0.25, -0.2) is 9.97 Å². The topological polar surface area (TPSA) is 84.1 Å². The van der Waals surface area contributed by atoms with Gasteiger partial charge in [0.25, 0.3) is 0 Å². The Bertz CT molecular complexity index is 620. The fourth-order valence-electron chi connectivity index (χ4n) is 2.08. The van der Waals surface area contributed by atoms with Gasteiger partial charge in [-0.05, 0) is 12.1 Å². The number of nitrogens with one attached hydrogen (secondary N) is 1. The van der Waals surface area contributed by atoms with Crippen LogP contribution in [0.3, 0.4) is 0 Å². The predicted octanol–water partition coefficient (Wildman–Crippen LogP) is 2.52. The number of phenolic OH excluding ortho intramolecular Hbond substituents is 1. The average molecular weight is 286 g/mol. The third-order valence-electron chi connectivity index (χ3n) is 3.10. The average Bonchev–Trinajstić information content (AvgIpc) is 2.44. The quantitative estimate of drug-likeness (QED) is 0.804. The summed E-state index contributed by atoms with van der Waals surface area (Å²) in [6.07, 6.45) is 1.75. The zero-order valence-corrected chi connectivity index (χ0v) is 12.7. The van der Waals surface area contributed by atoms with Crippen molar-refractivity contribution in [1.82, 2.24) is 9.97 Å². The van der Waals surface area contributed by atoms with Crippen LogP contribution in [0.4, 0.5) is 5.69 Å². The summed E-state index contributed by atoms with van der Waals surface area (Å²) in [6.45, 7) is 7.50. The molecule has 21 heavy (non-hydrogen) atoms. The molecule has 0 atom stereocenters. The first-order valence-corrected chi connectivity index (χ1v) is 7.03. The van der Waals surface area contributed by atoms with Gasteiger partial charge < -0.3 is 16.2 Å². The number of aromatic hydroxyl groups is 1. The maximum atomic E-state index is 9.96. The van der Waals surface area contributed by atoms with Gasteiger partial charge in [0.2, 0.25) is 0 Å². The molecule has 1 aromatic carbocycles. The van der Waals surface area contributed by atoms with E-state index in [1.807, 2.05) is 12.1 Å².